The minimum Gasteiger partial charge on any atom is -0.388 e. The number of amides is 1. The molecular formula is C15H28N2O2. The van der Waals surface area contributed by atoms with E-state index in [1.54, 1.807) is 6.92 Å². The van der Waals surface area contributed by atoms with E-state index in [1.807, 2.05) is 0 Å². The van der Waals surface area contributed by atoms with E-state index in [9.17, 15) is 9.90 Å². The van der Waals surface area contributed by atoms with Crippen molar-refractivity contribution < 1.29 is 9.90 Å². The Bertz CT molecular complexity index is 328. The summed E-state index contributed by atoms with van der Waals surface area (Å²) in [6, 6.07) is -0.0395. The first-order valence-corrected chi connectivity index (χ1v) is 7.62. The van der Waals surface area contributed by atoms with Crippen LogP contribution in [0.25, 0.3) is 0 Å². The quantitative estimate of drug-likeness (QED) is 0.704. The van der Waals surface area contributed by atoms with Crippen molar-refractivity contribution in [2.24, 2.45) is 17.8 Å². The van der Waals surface area contributed by atoms with Crippen LogP contribution in [0, 0.1) is 17.8 Å². The van der Waals surface area contributed by atoms with Crippen molar-refractivity contribution in [2.75, 3.05) is 13.1 Å². The lowest BCUT2D eigenvalue weighted by atomic mass is 9.92. The second kappa shape index (κ2) is 5.80. The van der Waals surface area contributed by atoms with Crippen molar-refractivity contribution >= 4 is 5.91 Å². The van der Waals surface area contributed by atoms with Gasteiger partial charge in [-0.25, -0.2) is 0 Å². The van der Waals surface area contributed by atoms with Crippen LogP contribution in [0.5, 0.6) is 0 Å². The molecule has 4 unspecified atom stereocenters. The van der Waals surface area contributed by atoms with E-state index in [2.05, 4.69) is 24.5 Å². The van der Waals surface area contributed by atoms with Crippen molar-refractivity contribution in [1.29, 1.82) is 0 Å². The second-order valence-corrected chi connectivity index (χ2v) is 7.05. The second-order valence-electron chi connectivity index (χ2n) is 7.05. The van der Waals surface area contributed by atoms with Crippen LogP contribution < -0.4 is 10.6 Å². The Labute approximate surface area is 116 Å². The molecule has 2 rings (SSSR count). The minimum atomic E-state index is -0.808. The summed E-state index contributed by atoms with van der Waals surface area (Å²) < 4.78 is 0. The first-order chi connectivity index (χ1) is 8.89. The number of carbonyl (C=O) groups is 1. The number of hydrogen-bond donors (Lipinski definition) is 3. The molecule has 110 valence electrons. The van der Waals surface area contributed by atoms with Crippen molar-refractivity contribution in [3.8, 4) is 0 Å². The van der Waals surface area contributed by atoms with E-state index >= 15 is 0 Å². The van der Waals surface area contributed by atoms with Crippen molar-refractivity contribution in [3.05, 3.63) is 0 Å². The fourth-order valence-corrected chi connectivity index (χ4v) is 3.81. The van der Waals surface area contributed by atoms with E-state index in [1.165, 1.54) is 12.8 Å². The van der Waals surface area contributed by atoms with E-state index in [0.717, 1.165) is 13.0 Å². The summed E-state index contributed by atoms with van der Waals surface area (Å²) in [4.78, 5) is 12.2. The molecule has 0 radical (unpaired) electrons. The molecule has 1 aliphatic carbocycles. The van der Waals surface area contributed by atoms with Crippen molar-refractivity contribution in [2.45, 2.75) is 58.1 Å². The normalized spacial score (nSPS) is 33.2. The zero-order valence-corrected chi connectivity index (χ0v) is 12.4. The highest BCUT2D eigenvalue weighted by atomic mass is 16.3. The van der Waals surface area contributed by atoms with Crippen LogP contribution in [0.4, 0.5) is 0 Å². The van der Waals surface area contributed by atoms with Gasteiger partial charge in [0.05, 0.1) is 11.6 Å². The van der Waals surface area contributed by atoms with Crippen LogP contribution in [0.15, 0.2) is 0 Å². The van der Waals surface area contributed by atoms with Crippen LogP contribution in [0.1, 0.15) is 46.5 Å². The van der Waals surface area contributed by atoms with Gasteiger partial charge in [-0.2, -0.15) is 0 Å². The molecule has 3 N–H and O–H groups in total. The van der Waals surface area contributed by atoms with Gasteiger partial charge < -0.3 is 15.7 Å². The predicted molar refractivity (Wildman–Crippen MR) is 75.7 cm³/mol. The third kappa shape index (κ3) is 3.69. The molecule has 0 aromatic heterocycles. The number of rotatable bonds is 5. The summed E-state index contributed by atoms with van der Waals surface area (Å²) in [6.07, 6.45) is 4.38. The van der Waals surface area contributed by atoms with Crippen LogP contribution in [-0.4, -0.2) is 35.7 Å². The van der Waals surface area contributed by atoms with Crippen molar-refractivity contribution in [1.82, 2.24) is 10.6 Å². The molecule has 1 saturated carbocycles. The predicted octanol–water partition coefficient (Wildman–Crippen LogP) is 1.29. The summed E-state index contributed by atoms with van der Waals surface area (Å²) in [5.41, 5.74) is -0.808. The zero-order valence-electron chi connectivity index (χ0n) is 12.4. The number of nitrogens with one attached hydrogen (secondary N) is 2. The maximum absolute atomic E-state index is 12.2. The molecule has 0 aromatic rings. The Morgan fingerprint density at radius 2 is 2.21 bits per heavy atom. The monoisotopic (exact) mass is 268 g/mol. The smallest absolute Gasteiger partial charge is 0.237 e. The zero-order chi connectivity index (χ0) is 14.0. The van der Waals surface area contributed by atoms with Crippen molar-refractivity contribution in [3.63, 3.8) is 0 Å². The molecule has 19 heavy (non-hydrogen) atoms. The molecule has 4 nitrogen and oxygen atoms in total. The van der Waals surface area contributed by atoms with E-state index in [0.29, 0.717) is 30.7 Å². The summed E-state index contributed by atoms with van der Waals surface area (Å²) in [6.45, 7) is 7.29. The Morgan fingerprint density at radius 1 is 1.47 bits per heavy atom. The molecule has 4 heteroatoms. The standard InChI is InChI=1S/C15H28N2O2/c1-10(2)7-15(3,19)9-17-14(18)13-12-6-4-5-11(12)8-16-13/h10-13,16,19H,4-9H2,1-3H3,(H,17,18). The van der Waals surface area contributed by atoms with Gasteiger partial charge in [0, 0.05) is 6.54 Å². The van der Waals surface area contributed by atoms with Gasteiger partial charge in [0.1, 0.15) is 0 Å². The molecule has 1 aliphatic heterocycles. The Hall–Kier alpha value is -0.610. The first-order valence-electron chi connectivity index (χ1n) is 7.62. The van der Waals surface area contributed by atoms with Crippen LogP contribution in [0.3, 0.4) is 0 Å². The average molecular weight is 268 g/mol. The van der Waals surface area contributed by atoms with Gasteiger partial charge in [0.2, 0.25) is 5.91 Å². The fourth-order valence-electron chi connectivity index (χ4n) is 3.81. The fraction of sp³-hybridized carbons (Fsp3) is 0.933. The Balaban J connectivity index is 1.81. The van der Waals surface area contributed by atoms with Crippen LogP contribution >= 0.6 is 0 Å². The number of fused-ring (bicyclic) bond motifs is 1. The SMILES string of the molecule is CC(C)CC(C)(O)CNC(=O)C1NCC2CCCC21. The van der Waals surface area contributed by atoms with Gasteiger partial charge in [-0.15, -0.1) is 0 Å². The van der Waals surface area contributed by atoms with E-state index < -0.39 is 5.60 Å². The number of carbonyl (C=O) groups excluding carboxylic acids is 1. The van der Waals surface area contributed by atoms with Crippen LogP contribution in [0.2, 0.25) is 0 Å². The topological polar surface area (TPSA) is 61.4 Å². The third-order valence-electron chi connectivity index (χ3n) is 4.52. The van der Waals surface area contributed by atoms with Gasteiger partial charge in [-0.1, -0.05) is 20.3 Å². The highest BCUT2D eigenvalue weighted by Gasteiger charge is 2.42. The van der Waals surface area contributed by atoms with Gasteiger partial charge in [-0.05, 0) is 50.5 Å². The lowest BCUT2D eigenvalue weighted by molar-refractivity contribution is -0.125. The molecule has 0 spiro atoms. The largest absolute Gasteiger partial charge is 0.388 e. The molecule has 1 heterocycles. The van der Waals surface area contributed by atoms with E-state index in [-0.39, 0.29) is 11.9 Å². The number of hydrogen-bond acceptors (Lipinski definition) is 3. The van der Waals surface area contributed by atoms with Gasteiger partial charge in [-0.3, -0.25) is 4.79 Å². The minimum absolute atomic E-state index is 0.0395. The molecule has 0 aromatic carbocycles. The summed E-state index contributed by atoms with van der Waals surface area (Å²) in [5.74, 6) is 1.69. The Kier molecular flexibility index (Phi) is 4.51. The molecule has 0 bridgehead atoms. The first kappa shape index (κ1) is 14.8. The highest BCUT2D eigenvalue weighted by molar-refractivity contribution is 5.82. The van der Waals surface area contributed by atoms with Gasteiger partial charge in [0.15, 0.2) is 0 Å². The highest BCUT2D eigenvalue weighted by Crippen LogP contribution is 2.37. The molecule has 4 atom stereocenters. The molecule has 2 aliphatic rings. The van der Waals surface area contributed by atoms with Crippen LogP contribution in [-0.2, 0) is 4.79 Å². The lowest BCUT2D eigenvalue weighted by Gasteiger charge is -2.27. The average Bonchev–Trinajstić information content (AvgIpc) is 2.85. The maximum Gasteiger partial charge on any atom is 0.237 e. The molecular weight excluding hydrogens is 240 g/mol. The summed E-state index contributed by atoms with van der Waals surface area (Å²) in [5, 5.41) is 16.5. The summed E-state index contributed by atoms with van der Waals surface area (Å²) >= 11 is 0. The Morgan fingerprint density at radius 3 is 2.89 bits per heavy atom. The summed E-state index contributed by atoms with van der Waals surface area (Å²) in [7, 11) is 0. The molecule has 1 amide bonds. The third-order valence-corrected chi connectivity index (χ3v) is 4.52. The van der Waals surface area contributed by atoms with Gasteiger partial charge >= 0.3 is 0 Å². The number of aliphatic hydroxyl groups is 1. The van der Waals surface area contributed by atoms with Gasteiger partial charge in [0.25, 0.3) is 0 Å². The maximum atomic E-state index is 12.2. The lowest BCUT2D eigenvalue weighted by Crippen LogP contribution is -2.49. The molecule has 1 saturated heterocycles. The molecule has 2 fully saturated rings. The van der Waals surface area contributed by atoms with E-state index in [4.69, 9.17) is 0 Å².